The van der Waals surface area contributed by atoms with Crippen molar-refractivity contribution in [1.82, 2.24) is 0 Å². The third kappa shape index (κ3) is 4.55. The van der Waals surface area contributed by atoms with Crippen LogP contribution in [0.3, 0.4) is 0 Å². The fraction of sp³-hybridized carbons (Fsp3) is 0.278. The Labute approximate surface area is 139 Å². The van der Waals surface area contributed by atoms with Crippen LogP contribution in [0.2, 0.25) is 0 Å². The molecule has 5 heteroatoms. The molecular formula is C18H19F2NOS. The van der Waals surface area contributed by atoms with E-state index in [1.807, 2.05) is 44.2 Å². The molecule has 0 bridgehead atoms. The maximum atomic E-state index is 13.4. The summed E-state index contributed by atoms with van der Waals surface area (Å²) in [4.78, 5) is 14.1. The maximum Gasteiger partial charge on any atom is 0.239 e. The average Bonchev–Trinajstić information content (AvgIpc) is 2.57. The molecule has 122 valence electrons. The minimum absolute atomic E-state index is 0.112. The molecule has 2 aromatic rings. The first-order valence-corrected chi connectivity index (χ1v) is 8.49. The van der Waals surface area contributed by atoms with Crippen molar-refractivity contribution in [1.29, 1.82) is 0 Å². The van der Waals surface area contributed by atoms with Crippen LogP contribution in [-0.4, -0.2) is 17.7 Å². The van der Waals surface area contributed by atoms with Gasteiger partial charge in [-0.15, -0.1) is 11.8 Å². The van der Waals surface area contributed by atoms with Crippen LogP contribution in [0.4, 0.5) is 14.5 Å². The Balaban J connectivity index is 2.04. The lowest BCUT2D eigenvalue weighted by Crippen LogP contribution is -2.36. The van der Waals surface area contributed by atoms with Crippen molar-refractivity contribution in [3.63, 3.8) is 0 Å². The molecule has 0 fully saturated rings. The molecule has 0 aliphatic heterocycles. The highest BCUT2D eigenvalue weighted by molar-refractivity contribution is 7.99. The van der Waals surface area contributed by atoms with Gasteiger partial charge in [-0.3, -0.25) is 4.79 Å². The number of carbonyl (C=O) groups is 1. The number of rotatable bonds is 6. The van der Waals surface area contributed by atoms with Gasteiger partial charge < -0.3 is 4.90 Å². The molecule has 0 saturated carbocycles. The lowest BCUT2D eigenvalue weighted by molar-refractivity contribution is -0.117. The zero-order valence-corrected chi connectivity index (χ0v) is 13.9. The van der Waals surface area contributed by atoms with Crippen molar-refractivity contribution in [2.45, 2.75) is 24.9 Å². The van der Waals surface area contributed by atoms with E-state index in [0.29, 0.717) is 12.2 Å². The zero-order valence-electron chi connectivity index (χ0n) is 13.1. The van der Waals surface area contributed by atoms with E-state index >= 15 is 0 Å². The van der Waals surface area contributed by atoms with Crippen molar-refractivity contribution in [2.75, 3.05) is 11.4 Å². The molecule has 1 unspecified atom stereocenters. The number of hydrogen-bond donors (Lipinski definition) is 0. The minimum atomic E-state index is -0.946. The smallest absolute Gasteiger partial charge is 0.239 e. The van der Waals surface area contributed by atoms with Crippen molar-refractivity contribution in [3.05, 3.63) is 65.7 Å². The van der Waals surface area contributed by atoms with E-state index in [9.17, 15) is 13.6 Å². The molecule has 2 aromatic carbocycles. The second-order valence-electron chi connectivity index (χ2n) is 5.12. The summed E-state index contributed by atoms with van der Waals surface area (Å²) < 4.78 is 26.4. The molecule has 1 atom stereocenters. The van der Waals surface area contributed by atoms with Crippen LogP contribution < -0.4 is 4.90 Å². The first-order chi connectivity index (χ1) is 11.0. The minimum Gasteiger partial charge on any atom is -0.312 e. The summed E-state index contributed by atoms with van der Waals surface area (Å²) in [5, 5.41) is -0.275. The molecule has 0 aliphatic rings. The molecular weight excluding hydrogens is 316 g/mol. The van der Waals surface area contributed by atoms with Gasteiger partial charge in [0, 0.05) is 24.1 Å². The van der Waals surface area contributed by atoms with Gasteiger partial charge in [0.1, 0.15) is 0 Å². The van der Waals surface area contributed by atoms with Gasteiger partial charge in [-0.05, 0) is 31.5 Å². The first kappa shape index (κ1) is 17.5. The number of thioether (sulfide) groups is 1. The predicted molar refractivity (Wildman–Crippen MR) is 91.6 cm³/mol. The molecule has 2 rings (SSSR count). The number of benzene rings is 2. The number of carbonyl (C=O) groups excluding carboxylic acids is 1. The summed E-state index contributed by atoms with van der Waals surface area (Å²) >= 11 is 1.52. The molecule has 2 nitrogen and oxygen atoms in total. The van der Waals surface area contributed by atoms with Crippen LogP contribution in [0.15, 0.2) is 48.5 Å². The van der Waals surface area contributed by atoms with Crippen molar-refractivity contribution >= 4 is 23.4 Å². The summed E-state index contributed by atoms with van der Waals surface area (Å²) in [5.74, 6) is -1.25. The quantitative estimate of drug-likeness (QED) is 0.766. The fourth-order valence-corrected chi connectivity index (χ4v) is 3.11. The lowest BCUT2D eigenvalue weighted by Gasteiger charge is -2.24. The van der Waals surface area contributed by atoms with E-state index in [2.05, 4.69) is 0 Å². The molecule has 0 aromatic heterocycles. The second kappa shape index (κ2) is 8.11. The van der Waals surface area contributed by atoms with E-state index in [1.54, 1.807) is 0 Å². The Morgan fingerprint density at radius 2 is 1.83 bits per heavy atom. The predicted octanol–water partition coefficient (Wildman–Crippen LogP) is 4.64. The Morgan fingerprint density at radius 3 is 2.43 bits per heavy atom. The second-order valence-corrected chi connectivity index (χ2v) is 6.45. The van der Waals surface area contributed by atoms with Crippen LogP contribution >= 0.6 is 11.8 Å². The summed E-state index contributed by atoms with van der Waals surface area (Å²) in [6.07, 6.45) is 0. The molecule has 0 radical (unpaired) electrons. The number of halogens is 2. The maximum absolute atomic E-state index is 13.4. The highest BCUT2D eigenvalue weighted by atomic mass is 32.2. The van der Waals surface area contributed by atoms with Crippen molar-refractivity contribution in [3.8, 4) is 0 Å². The molecule has 0 N–H and O–H groups in total. The summed E-state index contributed by atoms with van der Waals surface area (Å²) in [6, 6.07) is 13.4. The number of amides is 1. The Bertz CT molecular complexity index is 663. The Morgan fingerprint density at radius 1 is 1.13 bits per heavy atom. The van der Waals surface area contributed by atoms with E-state index in [0.717, 1.165) is 23.4 Å². The normalized spacial score (nSPS) is 12.0. The molecule has 1 amide bonds. The Kier molecular flexibility index (Phi) is 6.16. The van der Waals surface area contributed by atoms with Gasteiger partial charge >= 0.3 is 0 Å². The van der Waals surface area contributed by atoms with Gasteiger partial charge in [0.25, 0.3) is 0 Å². The van der Waals surface area contributed by atoms with Crippen molar-refractivity contribution < 1.29 is 13.6 Å². The van der Waals surface area contributed by atoms with Crippen molar-refractivity contribution in [2.24, 2.45) is 0 Å². The fourth-order valence-electron chi connectivity index (χ4n) is 2.20. The third-order valence-corrected chi connectivity index (χ3v) is 4.69. The number of nitrogens with zero attached hydrogens (tertiary/aromatic N) is 1. The van der Waals surface area contributed by atoms with Crippen LogP contribution in [-0.2, 0) is 10.5 Å². The van der Waals surface area contributed by atoms with Crippen LogP contribution in [0, 0.1) is 11.6 Å². The molecule has 23 heavy (non-hydrogen) atoms. The SMILES string of the molecule is CCN(C(=O)C(C)SCc1ccccc1)c1ccc(F)c(F)c1. The average molecular weight is 335 g/mol. The lowest BCUT2D eigenvalue weighted by atomic mass is 10.2. The molecule has 0 heterocycles. The first-order valence-electron chi connectivity index (χ1n) is 7.45. The van der Waals surface area contributed by atoms with E-state index in [-0.39, 0.29) is 11.2 Å². The zero-order chi connectivity index (χ0) is 16.8. The number of hydrogen-bond acceptors (Lipinski definition) is 2. The molecule has 0 aliphatic carbocycles. The highest BCUT2D eigenvalue weighted by Gasteiger charge is 2.22. The largest absolute Gasteiger partial charge is 0.312 e. The highest BCUT2D eigenvalue weighted by Crippen LogP contribution is 2.24. The van der Waals surface area contributed by atoms with Gasteiger partial charge in [0.15, 0.2) is 11.6 Å². The molecule has 0 spiro atoms. The summed E-state index contributed by atoms with van der Waals surface area (Å²) in [7, 11) is 0. The summed E-state index contributed by atoms with van der Waals surface area (Å²) in [5.41, 5.74) is 1.52. The monoisotopic (exact) mass is 335 g/mol. The Hall–Kier alpha value is -1.88. The van der Waals surface area contributed by atoms with E-state index in [4.69, 9.17) is 0 Å². The van der Waals surface area contributed by atoms with Crippen LogP contribution in [0.5, 0.6) is 0 Å². The molecule has 0 saturated heterocycles. The van der Waals surface area contributed by atoms with Gasteiger partial charge in [-0.1, -0.05) is 30.3 Å². The van der Waals surface area contributed by atoms with Crippen LogP contribution in [0.1, 0.15) is 19.4 Å². The standard InChI is InChI=1S/C18H19F2NOS/c1-3-21(15-9-10-16(19)17(20)11-15)18(22)13(2)23-12-14-7-5-4-6-8-14/h4-11,13H,3,12H2,1-2H3. The van der Waals surface area contributed by atoms with Gasteiger partial charge in [0.2, 0.25) is 5.91 Å². The topological polar surface area (TPSA) is 20.3 Å². The summed E-state index contributed by atoms with van der Waals surface area (Å²) in [6.45, 7) is 4.05. The third-order valence-electron chi connectivity index (χ3n) is 3.49. The number of anilines is 1. The van der Waals surface area contributed by atoms with Gasteiger partial charge in [0.05, 0.1) is 5.25 Å². The van der Waals surface area contributed by atoms with E-state index in [1.165, 1.54) is 22.7 Å². The van der Waals surface area contributed by atoms with Crippen LogP contribution in [0.25, 0.3) is 0 Å². The van der Waals surface area contributed by atoms with Gasteiger partial charge in [-0.2, -0.15) is 0 Å². The van der Waals surface area contributed by atoms with E-state index < -0.39 is 11.6 Å². The van der Waals surface area contributed by atoms with Gasteiger partial charge in [-0.25, -0.2) is 8.78 Å².